The minimum absolute atomic E-state index is 0.0282. The molecule has 1 N–H and O–H groups in total. The molecule has 1 aromatic carbocycles. The predicted octanol–water partition coefficient (Wildman–Crippen LogP) is 2.31. The molecule has 0 spiro atoms. The molecule has 0 radical (unpaired) electrons. The number of anilines is 1. The summed E-state index contributed by atoms with van der Waals surface area (Å²) in [6.45, 7) is 1.95. The van der Waals surface area contributed by atoms with Crippen LogP contribution in [0.1, 0.15) is 12.6 Å². The highest BCUT2D eigenvalue weighted by Gasteiger charge is 2.20. The van der Waals surface area contributed by atoms with E-state index in [1.165, 1.54) is 0 Å². The van der Waals surface area contributed by atoms with Crippen LogP contribution in [0.4, 0.5) is 11.4 Å². The Labute approximate surface area is 132 Å². The Hall–Kier alpha value is -3.03. The van der Waals surface area contributed by atoms with Gasteiger partial charge in [0.05, 0.1) is 21.5 Å². The van der Waals surface area contributed by atoms with E-state index in [-0.39, 0.29) is 16.7 Å². The molecule has 8 nitrogen and oxygen atoms in total. The number of rotatable bonds is 5. The zero-order chi connectivity index (χ0) is 16.4. The number of hydrogen-bond donors (Lipinski definition) is 1. The second kappa shape index (κ2) is 5.99. The van der Waals surface area contributed by atoms with Crippen molar-refractivity contribution in [3.05, 3.63) is 52.5 Å². The molecule has 23 heavy (non-hydrogen) atoms. The van der Waals surface area contributed by atoms with Gasteiger partial charge in [0.2, 0.25) is 0 Å². The number of aromatic nitrogens is 4. The number of nitro groups is 1. The first-order valence-corrected chi connectivity index (χ1v) is 7.18. The van der Waals surface area contributed by atoms with E-state index in [1.54, 1.807) is 42.2 Å². The van der Waals surface area contributed by atoms with Gasteiger partial charge in [0.1, 0.15) is 5.69 Å². The molecule has 3 rings (SSSR count). The first-order valence-electron chi connectivity index (χ1n) is 7.18. The summed E-state index contributed by atoms with van der Waals surface area (Å²) in [4.78, 5) is 15.3. The summed E-state index contributed by atoms with van der Waals surface area (Å²) in [7, 11) is 1.80. The van der Waals surface area contributed by atoms with Gasteiger partial charge in [-0.2, -0.15) is 0 Å². The lowest BCUT2D eigenvalue weighted by atomic mass is 10.1. The van der Waals surface area contributed by atoms with Gasteiger partial charge in [0, 0.05) is 31.9 Å². The van der Waals surface area contributed by atoms with Gasteiger partial charge in [-0.15, -0.1) is 5.10 Å². The molecule has 0 aliphatic carbocycles. The molecule has 2 aromatic heterocycles. The summed E-state index contributed by atoms with van der Waals surface area (Å²) >= 11 is 0. The molecular formula is C15H16N6O2. The lowest BCUT2D eigenvalue weighted by Gasteiger charge is -2.14. The van der Waals surface area contributed by atoms with Crippen molar-refractivity contribution in [1.29, 1.82) is 0 Å². The van der Waals surface area contributed by atoms with Gasteiger partial charge in [0.25, 0.3) is 0 Å². The zero-order valence-corrected chi connectivity index (χ0v) is 12.8. The van der Waals surface area contributed by atoms with Crippen LogP contribution >= 0.6 is 0 Å². The Bertz CT molecular complexity index is 860. The Morgan fingerprint density at radius 3 is 2.91 bits per heavy atom. The average Bonchev–Trinajstić information content (AvgIpc) is 2.91. The summed E-state index contributed by atoms with van der Waals surface area (Å²) < 4.78 is 1.63. The quantitative estimate of drug-likeness (QED) is 0.573. The number of pyridine rings is 1. The van der Waals surface area contributed by atoms with Crippen molar-refractivity contribution in [2.24, 2.45) is 7.05 Å². The minimum Gasteiger partial charge on any atom is -0.377 e. The lowest BCUT2D eigenvalue weighted by molar-refractivity contribution is -0.382. The van der Waals surface area contributed by atoms with Gasteiger partial charge in [0.15, 0.2) is 0 Å². The van der Waals surface area contributed by atoms with Crippen LogP contribution in [0, 0.1) is 10.1 Å². The first-order chi connectivity index (χ1) is 11.0. The van der Waals surface area contributed by atoms with E-state index in [9.17, 15) is 10.1 Å². The van der Waals surface area contributed by atoms with Gasteiger partial charge in [-0.25, -0.2) is 0 Å². The molecule has 3 aromatic rings. The third-order valence-corrected chi connectivity index (χ3v) is 3.51. The van der Waals surface area contributed by atoms with Crippen LogP contribution in [0.25, 0.3) is 10.9 Å². The highest BCUT2D eigenvalue weighted by molar-refractivity contribution is 5.94. The Kier molecular flexibility index (Phi) is 3.88. The highest BCUT2D eigenvalue weighted by atomic mass is 16.6. The third-order valence-electron chi connectivity index (χ3n) is 3.51. The summed E-state index contributed by atoms with van der Waals surface area (Å²) in [5.74, 6) is 0. The van der Waals surface area contributed by atoms with E-state index in [0.29, 0.717) is 23.0 Å². The summed E-state index contributed by atoms with van der Waals surface area (Å²) in [5.41, 5.74) is 1.96. The normalized spacial score (nSPS) is 12.3. The number of benzene rings is 1. The van der Waals surface area contributed by atoms with Crippen LogP contribution in [0.5, 0.6) is 0 Å². The van der Waals surface area contributed by atoms with E-state index in [4.69, 9.17) is 0 Å². The molecule has 118 valence electrons. The zero-order valence-electron chi connectivity index (χ0n) is 12.8. The van der Waals surface area contributed by atoms with E-state index >= 15 is 0 Å². The van der Waals surface area contributed by atoms with E-state index in [0.717, 1.165) is 5.69 Å². The number of hydrogen-bond acceptors (Lipinski definition) is 6. The maximum Gasteiger partial charge on any atom is 0.301 e. The highest BCUT2D eigenvalue weighted by Crippen LogP contribution is 2.32. The van der Waals surface area contributed by atoms with Crippen molar-refractivity contribution in [3.8, 4) is 0 Å². The lowest BCUT2D eigenvalue weighted by Crippen LogP contribution is -2.19. The molecule has 0 saturated heterocycles. The van der Waals surface area contributed by atoms with Gasteiger partial charge in [-0.1, -0.05) is 5.21 Å². The Morgan fingerprint density at radius 1 is 1.39 bits per heavy atom. The van der Waals surface area contributed by atoms with Crippen molar-refractivity contribution in [3.63, 3.8) is 0 Å². The molecule has 1 atom stereocenters. The summed E-state index contributed by atoms with van der Waals surface area (Å²) in [6.07, 6.45) is 4.07. The number of fused-ring (bicyclic) bond motifs is 1. The van der Waals surface area contributed by atoms with E-state index < -0.39 is 0 Å². The molecule has 0 bridgehead atoms. The van der Waals surface area contributed by atoms with Crippen LogP contribution in [0.2, 0.25) is 0 Å². The monoisotopic (exact) mass is 312 g/mol. The average molecular weight is 312 g/mol. The van der Waals surface area contributed by atoms with Crippen LogP contribution in [0.3, 0.4) is 0 Å². The van der Waals surface area contributed by atoms with Gasteiger partial charge in [-0.3, -0.25) is 19.8 Å². The first kappa shape index (κ1) is 14.9. The predicted molar refractivity (Wildman–Crippen MR) is 86.2 cm³/mol. The van der Waals surface area contributed by atoms with Gasteiger partial charge < -0.3 is 5.32 Å². The fourth-order valence-electron chi connectivity index (χ4n) is 2.57. The number of aryl methyl sites for hydroxylation is 1. The van der Waals surface area contributed by atoms with Crippen LogP contribution in [-0.2, 0) is 13.5 Å². The van der Waals surface area contributed by atoms with Crippen molar-refractivity contribution in [1.82, 2.24) is 20.0 Å². The largest absolute Gasteiger partial charge is 0.377 e. The second-order valence-corrected chi connectivity index (χ2v) is 5.42. The molecule has 0 fully saturated rings. The summed E-state index contributed by atoms with van der Waals surface area (Å²) in [6, 6.07) is 6.85. The van der Waals surface area contributed by atoms with Crippen LogP contribution in [-0.4, -0.2) is 30.9 Å². The van der Waals surface area contributed by atoms with E-state index in [2.05, 4.69) is 20.6 Å². The molecule has 0 aliphatic rings. The van der Waals surface area contributed by atoms with Crippen molar-refractivity contribution in [2.75, 3.05) is 5.32 Å². The van der Waals surface area contributed by atoms with E-state index in [1.807, 2.05) is 13.1 Å². The third kappa shape index (κ3) is 3.10. The Morgan fingerprint density at radius 2 is 2.22 bits per heavy atom. The summed E-state index contributed by atoms with van der Waals surface area (Å²) in [5, 5.41) is 23.1. The van der Waals surface area contributed by atoms with Crippen LogP contribution in [0.15, 0.2) is 36.7 Å². The number of nitrogens with zero attached hydrogens (tertiary/aromatic N) is 5. The fourth-order valence-corrected chi connectivity index (χ4v) is 2.57. The SMILES string of the molecule is C[C@H](Cc1cn(C)nn1)Nc1ccc2ncccc2c1[N+](=O)[O-]. The van der Waals surface area contributed by atoms with Gasteiger partial charge >= 0.3 is 5.69 Å². The fraction of sp³-hybridized carbons (Fsp3) is 0.267. The smallest absolute Gasteiger partial charge is 0.301 e. The maximum atomic E-state index is 11.5. The van der Waals surface area contributed by atoms with Crippen molar-refractivity contribution >= 4 is 22.3 Å². The molecule has 2 heterocycles. The molecule has 0 unspecified atom stereocenters. The second-order valence-electron chi connectivity index (χ2n) is 5.42. The minimum atomic E-state index is -0.374. The molecule has 0 amide bonds. The Balaban J connectivity index is 1.90. The standard InChI is InChI=1S/C15H16N6O2/c1-10(8-11-9-20(2)19-18-11)17-14-6-5-13-12(4-3-7-16-13)15(14)21(22)23/h3-7,9-10,17H,8H2,1-2H3/t10-/m1/s1. The molecule has 0 saturated carbocycles. The van der Waals surface area contributed by atoms with Crippen molar-refractivity contribution < 1.29 is 4.92 Å². The molecule has 0 aliphatic heterocycles. The molecular weight excluding hydrogens is 296 g/mol. The number of nitro benzene ring substituents is 1. The van der Waals surface area contributed by atoms with Crippen molar-refractivity contribution in [2.45, 2.75) is 19.4 Å². The van der Waals surface area contributed by atoms with Gasteiger partial charge in [-0.05, 0) is 31.2 Å². The maximum absolute atomic E-state index is 11.5. The topological polar surface area (TPSA) is 98.8 Å². The molecule has 8 heteroatoms. The number of nitrogens with one attached hydrogen (secondary N) is 1. The van der Waals surface area contributed by atoms with Crippen LogP contribution < -0.4 is 5.32 Å².